The highest BCUT2D eigenvalue weighted by atomic mass is 79.9. The minimum atomic E-state index is -0.396. The molecule has 110 valence electrons. The Hall–Kier alpha value is -1.84. The van der Waals surface area contributed by atoms with E-state index in [-0.39, 0.29) is 11.7 Å². The van der Waals surface area contributed by atoms with Crippen LogP contribution in [0, 0.1) is 11.3 Å². The largest absolute Gasteiger partial charge is 0.376 e. The van der Waals surface area contributed by atoms with Gasteiger partial charge in [-0.15, -0.1) is 0 Å². The summed E-state index contributed by atoms with van der Waals surface area (Å²) in [5.41, 5.74) is 0.820. The lowest BCUT2D eigenvalue weighted by atomic mass is 10.2. The lowest BCUT2D eigenvalue weighted by molar-refractivity contribution is -0.117. The second-order valence-corrected chi connectivity index (χ2v) is 5.49. The molecule has 1 aromatic carbocycles. The van der Waals surface area contributed by atoms with Crippen LogP contribution in [0.4, 0.5) is 5.69 Å². The summed E-state index contributed by atoms with van der Waals surface area (Å²) in [5, 5.41) is 14.7. The Labute approximate surface area is 132 Å². The van der Waals surface area contributed by atoms with Gasteiger partial charge in [0.05, 0.1) is 11.8 Å². The molecule has 1 fully saturated rings. The van der Waals surface area contributed by atoms with Crippen LogP contribution < -0.4 is 10.6 Å². The molecule has 0 bridgehead atoms. The number of ether oxygens (including phenoxy) is 1. The maximum Gasteiger partial charge on any atom is 0.263 e. The predicted molar refractivity (Wildman–Crippen MR) is 83.4 cm³/mol. The van der Waals surface area contributed by atoms with E-state index in [1.165, 1.54) is 6.20 Å². The summed E-state index contributed by atoms with van der Waals surface area (Å²) in [4.78, 5) is 11.9. The molecule has 1 atom stereocenters. The Balaban J connectivity index is 1.92. The quantitative estimate of drug-likeness (QED) is 0.632. The first-order valence-corrected chi connectivity index (χ1v) is 7.51. The SMILES string of the molecule is N#C/C(=C/Nc1ccccc1Br)C(=O)NCC1CCCO1. The second-order valence-electron chi connectivity index (χ2n) is 4.64. The van der Waals surface area contributed by atoms with E-state index in [0.717, 1.165) is 29.6 Å². The third-order valence-corrected chi connectivity index (χ3v) is 3.82. The number of carbonyl (C=O) groups is 1. The van der Waals surface area contributed by atoms with Gasteiger partial charge in [0.1, 0.15) is 11.6 Å². The lowest BCUT2D eigenvalue weighted by Crippen LogP contribution is -2.32. The van der Waals surface area contributed by atoms with E-state index in [4.69, 9.17) is 10.00 Å². The van der Waals surface area contributed by atoms with Gasteiger partial charge < -0.3 is 15.4 Å². The monoisotopic (exact) mass is 349 g/mol. The molecule has 2 rings (SSSR count). The standard InChI is InChI=1S/C15H16BrN3O2/c16-13-5-1-2-6-14(13)18-9-11(8-17)15(20)19-10-12-4-3-7-21-12/h1-2,5-6,9,12,18H,3-4,7,10H2,(H,19,20)/b11-9-. The molecule has 0 aliphatic carbocycles. The summed E-state index contributed by atoms with van der Waals surface area (Å²) >= 11 is 3.39. The van der Waals surface area contributed by atoms with Gasteiger partial charge in [-0.3, -0.25) is 4.79 Å². The van der Waals surface area contributed by atoms with Crippen molar-refractivity contribution < 1.29 is 9.53 Å². The zero-order valence-corrected chi connectivity index (χ0v) is 13.0. The van der Waals surface area contributed by atoms with E-state index < -0.39 is 5.91 Å². The Kier molecular flexibility index (Phi) is 5.78. The van der Waals surface area contributed by atoms with Gasteiger partial charge in [0.15, 0.2) is 0 Å². The van der Waals surface area contributed by atoms with E-state index in [2.05, 4.69) is 26.6 Å². The molecule has 1 amide bonds. The smallest absolute Gasteiger partial charge is 0.263 e. The van der Waals surface area contributed by atoms with Crippen LogP contribution in [0.3, 0.4) is 0 Å². The summed E-state index contributed by atoms with van der Waals surface area (Å²) in [5.74, 6) is -0.396. The van der Waals surface area contributed by atoms with E-state index >= 15 is 0 Å². The van der Waals surface area contributed by atoms with E-state index in [1.807, 2.05) is 30.3 Å². The van der Waals surface area contributed by atoms with Crippen LogP contribution in [0.25, 0.3) is 0 Å². The third kappa shape index (κ3) is 4.59. The van der Waals surface area contributed by atoms with Crippen molar-refractivity contribution >= 4 is 27.5 Å². The van der Waals surface area contributed by atoms with Gasteiger partial charge >= 0.3 is 0 Å². The summed E-state index contributed by atoms with van der Waals surface area (Å²) in [6.07, 6.45) is 3.43. The molecule has 6 heteroatoms. The van der Waals surface area contributed by atoms with Gasteiger partial charge in [-0.2, -0.15) is 5.26 Å². The second kappa shape index (κ2) is 7.81. The molecular formula is C15H16BrN3O2. The molecule has 1 saturated heterocycles. The van der Waals surface area contributed by atoms with Gasteiger partial charge in [-0.25, -0.2) is 0 Å². The van der Waals surface area contributed by atoms with E-state index in [1.54, 1.807) is 0 Å². The molecule has 5 nitrogen and oxygen atoms in total. The van der Waals surface area contributed by atoms with Crippen LogP contribution >= 0.6 is 15.9 Å². The van der Waals surface area contributed by atoms with Gasteiger partial charge in [0.25, 0.3) is 5.91 Å². The molecule has 21 heavy (non-hydrogen) atoms. The van der Waals surface area contributed by atoms with Crippen LogP contribution in [-0.4, -0.2) is 25.2 Å². The van der Waals surface area contributed by atoms with Crippen molar-refractivity contribution in [1.82, 2.24) is 5.32 Å². The minimum absolute atomic E-state index is 0.0313. The summed E-state index contributed by atoms with van der Waals surface area (Å²) in [7, 11) is 0. The molecule has 0 aromatic heterocycles. The number of hydrogen-bond acceptors (Lipinski definition) is 4. The highest BCUT2D eigenvalue weighted by molar-refractivity contribution is 9.10. The van der Waals surface area contributed by atoms with E-state index in [0.29, 0.717) is 6.54 Å². The van der Waals surface area contributed by atoms with Gasteiger partial charge in [0.2, 0.25) is 0 Å². The number of carbonyl (C=O) groups excluding carboxylic acids is 1. The van der Waals surface area contributed by atoms with Crippen molar-refractivity contribution in [2.45, 2.75) is 18.9 Å². The van der Waals surface area contributed by atoms with Gasteiger partial charge in [-0.1, -0.05) is 12.1 Å². The van der Waals surface area contributed by atoms with Crippen LogP contribution in [0.5, 0.6) is 0 Å². The summed E-state index contributed by atoms with van der Waals surface area (Å²) in [6.45, 7) is 1.18. The Morgan fingerprint density at radius 2 is 2.33 bits per heavy atom. The van der Waals surface area contributed by atoms with Gasteiger partial charge in [0, 0.05) is 23.8 Å². The zero-order valence-electron chi connectivity index (χ0n) is 11.4. The van der Waals surface area contributed by atoms with E-state index in [9.17, 15) is 4.79 Å². The number of nitriles is 1. The third-order valence-electron chi connectivity index (χ3n) is 3.13. The number of nitrogens with one attached hydrogen (secondary N) is 2. The number of amides is 1. The molecule has 0 radical (unpaired) electrons. The molecule has 0 spiro atoms. The highest BCUT2D eigenvalue weighted by Gasteiger charge is 2.17. The predicted octanol–water partition coefficient (Wildman–Crippen LogP) is 2.56. The number of nitrogens with zero attached hydrogens (tertiary/aromatic N) is 1. The van der Waals surface area contributed by atoms with Crippen LogP contribution in [0.2, 0.25) is 0 Å². The van der Waals surface area contributed by atoms with Crippen molar-refractivity contribution in [1.29, 1.82) is 5.26 Å². The molecule has 2 N–H and O–H groups in total. The zero-order chi connectivity index (χ0) is 15.1. The number of halogens is 1. The average molecular weight is 350 g/mol. The van der Waals surface area contributed by atoms with Crippen LogP contribution in [0.1, 0.15) is 12.8 Å². The first-order valence-electron chi connectivity index (χ1n) is 6.72. The number of para-hydroxylation sites is 1. The van der Waals surface area contributed by atoms with Crippen molar-refractivity contribution in [3.63, 3.8) is 0 Å². The van der Waals surface area contributed by atoms with Crippen LogP contribution in [-0.2, 0) is 9.53 Å². The molecule has 1 aliphatic heterocycles. The topological polar surface area (TPSA) is 74.2 Å². The number of benzene rings is 1. The minimum Gasteiger partial charge on any atom is -0.376 e. The normalized spacial score (nSPS) is 18.1. The first-order chi connectivity index (χ1) is 10.2. The number of hydrogen-bond donors (Lipinski definition) is 2. The average Bonchev–Trinajstić information content (AvgIpc) is 3.01. The molecule has 0 saturated carbocycles. The molecule has 1 heterocycles. The Morgan fingerprint density at radius 1 is 1.52 bits per heavy atom. The molecule has 1 aliphatic rings. The number of anilines is 1. The van der Waals surface area contributed by atoms with Gasteiger partial charge in [-0.05, 0) is 40.9 Å². The summed E-state index contributed by atoms with van der Waals surface area (Å²) < 4.78 is 6.28. The molecule has 1 aromatic rings. The molecular weight excluding hydrogens is 334 g/mol. The maximum atomic E-state index is 11.9. The lowest BCUT2D eigenvalue weighted by Gasteiger charge is -2.10. The fraction of sp³-hybridized carbons (Fsp3) is 0.333. The molecule has 1 unspecified atom stereocenters. The fourth-order valence-electron chi connectivity index (χ4n) is 1.98. The van der Waals surface area contributed by atoms with Crippen molar-refractivity contribution in [3.05, 3.63) is 40.5 Å². The Bertz CT molecular complexity index is 575. The first kappa shape index (κ1) is 15.5. The summed E-state index contributed by atoms with van der Waals surface area (Å²) in [6, 6.07) is 9.37. The maximum absolute atomic E-state index is 11.9. The van der Waals surface area contributed by atoms with Crippen molar-refractivity contribution in [2.24, 2.45) is 0 Å². The Morgan fingerprint density at radius 3 is 3.00 bits per heavy atom. The number of rotatable bonds is 5. The fourth-order valence-corrected chi connectivity index (χ4v) is 2.38. The van der Waals surface area contributed by atoms with Crippen LogP contribution in [0.15, 0.2) is 40.5 Å². The van der Waals surface area contributed by atoms with Crippen molar-refractivity contribution in [2.75, 3.05) is 18.5 Å². The highest BCUT2D eigenvalue weighted by Crippen LogP contribution is 2.21. The van der Waals surface area contributed by atoms with Crippen molar-refractivity contribution in [3.8, 4) is 6.07 Å².